The van der Waals surface area contributed by atoms with Crippen LogP contribution in [0.3, 0.4) is 0 Å². The highest BCUT2D eigenvalue weighted by Crippen LogP contribution is 2.56. The second-order valence-electron chi connectivity index (χ2n) is 8.61. The summed E-state index contributed by atoms with van der Waals surface area (Å²) in [7, 11) is -2.98. The molecule has 4 saturated carbocycles. The number of amides is 2. The molecule has 5 rings (SSSR count). The number of carbonyl (C=O) groups excluding carboxylic acids is 1. The van der Waals surface area contributed by atoms with E-state index >= 15 is 0 Å². The summed E-state index contributed by atoms with van der Waals surface area (Å²) in [6.45, 7) is 2.65. The van der Waals surface area contributed by atoms with E-state index in [2.05, 4.69) is 10.6 Å². The van der Waals surface area contributed by atoms with Gasteiger partial charge >= 0.3 is 6.03 Å². The smallest absolute Gasteiger partial charge is 0.315 e. The topological polar surface area (TPSA) is 75.3 Å². The molecule has 23 heavy (non-hydrogen) atoms. The van der Waals surface area contributed by atoms with Crippen molar-refractivity contribution < 1.29 is 13.2 Å². The van der Waals surface area contributed by atoms with Crippen molar-refractivity contribution in [2.24, 2.45) is 35.5 Å². The summed E-state index contributed by atoms with van der Waals surface area (Å²) < 4.78 is 23.3. The Morgan fingerprint density at radius 1 is 1.00 bits per heavy atom. The number of sulfone groups is 1. The van der Waals surface area contributed by atoms with Crippen LogP contribution in [0.15, 0.2) is 0 Å². The lowest BCUT2D eigenvalue weighted by atomic mass is 9.52. The Labute approximate surface area is 138 Å². The molecule has 2 N–H and O–H groups in total. The van der Waals surface area contributed by atoms with Gasteiger partial charge in [0.2, 0.25) is 0 Å². The second-order valence-corrected chi connectivity index (χ2v) is 10.8. The first kappa shape index (κ1) is 15.7. The van der Waals surface area contributed by atoms with Gasteiger partial charge in [0.1, 0.15) is 0 Å². The van der Waals surface area contributed by atoms with Crippen LogP contribution in [0, 0.1) is 35.5 Å². The largest absolute Gasteiger partial charge is 0.338 e. The van der Waals surface area contributed by atoms with Crippen molar-refractivity contribution in [3.8, 4) is 0 Å². The van der Waals surface area contributed by atoms with Crippen LogP contribution in [0.4, 0.5) is 4.79 Å². The van der Waals surface area contributed by atoms with Crippen molar-refractivity contribution in [3.05, 3.63) is 0 Å². The number of hydrogen-bond acceptors (Lipinski definition) is 3. The van der Waals surface area contributed by atoms with Gasteiger partial charge in [-0.3, -0.25) is 0 Å². The van der Waals surface area contributed by atoms with Crippen molar-refractivity contribution in [3.63, 3.8) is 0 Å². The van der Waals surface area contributed by atoms with Crippen molar-refractivity contribution in [2.45, 2.75) is 45.1 Å². The molecule has 4 bridgehead atoms. The first-order valence-corrected chi connectivity index (χ1v) is 11.0. The molecule has 5 nitrogen and oxygen atoms in total. The van der Waals surface area contributed by atoms with Gasteiger partial charge in [-0.1, -0.05) is 6.92 Å². The molecule has 4 aliphatic carbocycles. The minimum atomic E-state index is -2.98. The number of rotatable bonds is 3. The van der Waals surface area contributed by atoms with Crippen LogP contribution in [0.1, 0.15) is 39.0 Å². The van der Waals surface area contributed by atoms with E-state index in [-0.39, 0.29) is 29.5 Å². The summed E-state index contributed by atoms with van der Waals surface area (Å²) >= 11 is 0. The molecule has 130 valence electrons. The van der Waals surface area contributed by atoms with Gasteiger partial charge in [0, 0.05) is 12.6 Å². The molecular weight excluding hydrogens is 312 g/mol. The Bertz CT molecular complexity index is 561. The lowest BCUT2D eigenvalue weighted by Crippen LogP contribution is -2.51. The van der Waals surface area contributed by atoms with E-state index < -0.39 is 9.84 Å². The maximum absolute atomic E-state index is 12.2. The highest BCUT2D eigenvalue weighted by Gasteiger charge is 2.48. The fourth-order valence-electron chi connectivity index (χ4n) is 6.01. The Hall–Kier alpha value is -0.780. The molecule has 2 atom stereocenters. The van der Waals surface area contributed by atoms with Crippen molar-refractivity contribution >= 4 is 15.9 Å². The average molecular weight is 340 g/mol. The summed E-state index contributed by atoms with van der Waals surface area (Å²) in [5.74, 6) is 4.42. The fraction of sp³-hybridized carbons (Fsp3) is 0.941. The van der Waals surface area contributed by atoms with Gasteiger partial charge in [-0.05, 0) is 67.6 Å². The van der Waals surface area contributed by atoms with E-state index in [0.717, 1.165) is 30.2 Å². The Morgan fingerprint density at radius 3 is 2.13 bits per heavy atom. The maximum atomic E-state index is 12.2. The first-order chi connectivity index (χ1) is 10.9. The van der Waals surface area contributed by atoms with Gasteiger partial charge < -0.3 is 10.6 Å². The second kappa shape index (κ2) is 5.64. The van der Waals surface area contributed by atoms with E-state index in [1.807, 2.05) is 6.92 Å². The summed E-state index contributed by atoms with van der Waals surface area (Å²) in [6.07, 6.45) is 6.89. The number of hydrogen-bond donors (Lipinski definition) is 2. The summed E-state index contributed by atoms with van der Waals surface area (Å²) in [5.41, 5.74) is 0. The minimum absolute atomic E-state index is 0.00641. The van der Waals surface area contributed by atoms with Crippen LogP contribution >= 0.6 is 0 Å². The van der Waals surface area contributed by atoms with Gasteiger partial charge in [-0.25, -0.2) is 13.2 Å². The Kier molecular flexibility index (Phi) is 3.86. The third kappa shape index (κ3) is 3.11. The zero-order valence-corrected chi connectivity index (χ0v) is 14.6. The SMILES string of the molecule is C[C@H]1CS(=O)(=O)C[C@H]1NC(=O)NCC1C2CC3CC(C2)CC1C3. The quantitative estimate of drug-likeness (QED) is 0.822. The number of urea groups is 1. The molecule has 0 aromatic heterocycles. The van der Waals surface area contributed by atoms with Gasteiger partial charge in [0.15, 0.2) is 9.84 Å². The van der Waals surface area contributed by atoms with Crippen molar-refractivity contribution in [1.82, 2.24) is 10.6 Å². The van der Waals surface area contributed by atoms with Crippen LogP contribution < -0.4 is 10.6 Å². The van der Waals surface area contributed by atoms with Gasteiger partial charge in [0.25, 0.3) is 0 Å². The molecule has 0 spiro atoms. The van der Waals surface area contributed by atoms with Crippen molar-refractivity contribution in [1.29, 1.82) is 0 Å². The highest BCUT2D eigenvalue weighted by atomic mass is 32.2. The molecule has 0 aromatic rings. The first-order valence-electron chi connectivity index (χ1n) is 9.14. The van der Waals surface area contributed by atoms with E-state index in [0.29, 0.717) is 5.92 Å². The summed E-state index contributed by atoms with van der Waals surface area (Å²) in [4.78, 5) is 12.2. The molecule has 1 heterocycles. The third-order valence-electron chi connectivity index (χ3n) is 6.87. The van der Waals surface area contributed by atoms with E-state index in [9.17, 15) is 13.2 Å². The third-order valence-corrected chi connectivity index (χ3v) is 8.77. The lowest BCUT2D eigenvalue weighted by molar-refractivity contribution is -0.0343. The normalized spacial score (nSPS) is 46.7. The minimum Gasteiger partial charge on any atom is -0.338 e. The fourth-order valence-corrected chi connectivity index (χ4v) is 8.14. The van der Waals surface area contributed by atoms with Crippen LogP contribution in [0.2, 0.25) is 0 Å². The lowest BCUT2D eigenvalue weighted by Gasteiger charge is -2.54. The van der Waals surface area contributed by atoms with Crippen LogP contribution in [0.5, 0.6) is 0 Å². The number of nitrogens with one attached hydrogen (secondary N) is 2. The molecule has 0 unspecified atom stereocenters. The molecule has 5 fully saturated rings. The summed E-state index contributed by atoms with van der Waals surface area (Å²) in [6, 6.07) is -0.425. The predicted octanol–water partition coefficient (Wildman–Crippen LogP) is 1.79. The van der Waals surface area contributed by atoms with Crippen molar-refractivity contribution in [2.75, 3.05) is 18.1 Å². The van der Waals surface area contributed by atoms with E-state index in [1.54, 1.807) is 0 Å². The van der Waals surface area contributed by atoms with Crippen LogP contribution in [0.25, 0.3) is 0 Å². The van der Waals surface area contributed by atoms with Crippen LogP contribution in [-0.2, 0) is 9.84 Å². The van der Waals surface area contributed by atoms with E-state index in [4.69, 9.17) is 0 Å². The molecule has 1 aliphatic heterocycles. The molecule has 6 heteroatoms. The molecule has 1 saturated heterocycles. The highest BCUT2D eigenvalue weighted by molar-refractivity contribution is 7.91. The van der Waals surface area contributed by atoms with Gasteiger partial charge in [-0.2, -0.15) is 0 Å². The number of carbonyl (C=O) groups is 1. The summed E-state index contributed by atoms with van der Waals surface area (Å²) in [5, 5.41) is 5.92. The molecule has 0 aromatic carbocycles. The zero-order chi connectivity index (χ0) is 16.2. The maximum Gasteiger partial charge on any atom is 0.315 e. The van der Waals surface area contributed by atoms with Gasteiger partial charge in [0.05, 0.1) is 11.5 Å². The monoisotopic (exact) mass is 340 g/mol. The van der Waals surface area contributed by atoms with Crippen LogP contribution in [-0.4, -0.2) is 38.5 Å². The standard InChI is InChI=1S/C17H28N2O3S/c1-10-8-23(21,22)9-16(10)19-17(20)18-7-15-13-3-11-2-12(5-13)6-14(15)4-11/h10-16H,2-9H2,1H3,(H2,18,19,20)/t10-,11?,12?,13?,14?,15?,16+/m0/s1. The molecule has 5 aliphatic rings. The molecule has 0 radical (unpaired) electrons. The zero-order valence-electron chi connectivity index (χ0n) is 13.8. The molecule has 2 amide bonds. The Morgan fingerprint density at radius 2 is 1.61 bits per heavy atom. The average Bonchev–Trinajstić information content (AvgIpc) is 2.69. The molecular formula is C17H28N2O3S. The van der Waals surface area contributed by atoms with Gasteiger partial charge in [-0.15, -0.1) is 0 Å². The van der Waals surface area contributed by atoms with E-state index in [1.165, 1.54) is 32.1 Å². The predicted molar refractivity (Wildman–Crippen MR) is 88.7 cm³/mol. The Balaban J connectivity index is 1.29.